The summed E-state index contributed by atoms with van der Waals surface area (Å²) in [6.07, 6.45) is 4.85. The molecule has 2 amide bonds. The molecule has 1 aliphatic heterocycles. The molecule has 0 radical (unpaired) electrons. The predicted molar refractivity (Wildman–Crippen MR) is 57.6 cm³/mol. The van der Waals surface area contributed by atoms with Crippen LogP contribution in [0, 0.1) is 11.8 Å². The average molecular weight is 209 g/mol. The molecule has 0 aromatic heterocycles. The number of piperidine rings is 1. The summed E-state index contributed by atoms with van der Waals surface area (Å²) in [4.78, 5) is 11.6. The fourth-order valence-corrected chi connectivity index (χ4v) is 3.08. The van der Waals surface area contributed by atoms with Crippen molar-refractivity contribution in [2.75, 3.05) is 13.1 Å². The molecule has 84 valence electrons. The molecule has 4 nitrogen and oxygen atoms in total. The van der Waals surface area contributed by atoms with Crippen LogP contribution in [0.2, 0.25) is 0 Å². The van der Waals surface area contributed by atoms with Crippen molar-refractivity contribution in [1.82, 2.24) is 16.0 Å². The molecule has 2 saturated carbocycles. The van der Waals surface area contributed by atoms with Gasteiger partial charge in [-0.1, -0.05) is 12.8 Å². The van der Waals surface area contributed by atoms with Gasteiger partial charge in [0.15, 0.2) is 0 Å². The van der Waals surface area contributed by atoms with E-state index in [9.17, 15) is 4.79 Å². The predicted octanol–water partition coefficient (Wildman–Crippen LogP) is 0.446. The summed E-state index contributed by atoms with van der Waals surface area (Å²) >= 11 is 0. The van der Waals surface area contributed by atoms with E-state index in [-0.39, 0.29) is 6.03 Å². The molecule has 0 aromatic rings. The van der Waals surface area contributed by atoms with Gasteiger partial charge in [-0.15, -0.1) is 0 Å². The van der Waals surface area contributed by atoms with E-state index in [1.165, 1.54) is 12.8 Å². The Labute approximate surface area is 90.2 Å². The van der Waals surface area contributed by atoms with Gasteiger partial charge < -0.3 is 16.0 Å². The first-order valence-electron chi connectivity index (χ1n) is 6.12. The highest BCUT2D eigenvalue weighted by Gasteiger charge is 2.53. The molecule has 3 aliphatic rings. The molecular formula is C11H19N3O. The Morgan fingerprint density at radius 3 is 2.40 bits per heavy atom. The highest BCUT2D eigenvalue weighted by molar-refractivity contribution is 5.75. The number of rotatable bonds is 2. The number of carbonyl (C=O) groups excluding carboxylic acids is 1. The van der Waals surface area contributed by atoms with Crippen molar-refractivity contribution in [3.05, 3.63) is 0 Å². The fraction of sp³-hybridized carbons (Fsp3) is 0.909. The number of hydrogen-bond donors (Lipinski definition) is 3. The molecule has 2 aliphatic carbocycles. The lowest BCUT2D eigenvalue weighted by Gasteiger charge is -2.13. The summed E-state index contributed by atoms with van der Waals surface area (Å²) in [6.45, 7) is 2.16. The SMILES string of the molecule is O=C(NC1CCCC1)NC1C2CNCC21. The summed E-state index contributed by atoms with van der Waals surface area (Å²) in [5.41, 5.74) is 0. The Morgan fingerprint density at radius 1 is 1.07 bits per heavy atom. The van der Waals surface area contributed by atoms with Crippen LogP contribution in [0.15, 0.2) is 0 Å². The first-order chi connectivity index (χ1) is 7.34. The van der Waals surface area contributed by atoms with Crippen molar-refractivity contribution in [1.29, 1.82) is 0 Å². The summed E-state index contributed by atoms with van der Waals surface area (Å²) in [5, 5.41) is 9.49. The van der Waals surface area contributed by atoms with Crippen LogP contribution in [-0.2, 0) is 0 Å². The van der Waals surface area contributed by atoms with Gasteiger partial charge in [0.05, 0.1) is 0 Å². The van der Waals surface area contributed by atoms with Crippen molar-refractivity contribution in [3.8, 4) is 0 Å². The van der Waals surface area contributed by atoms with Crippen molar-refractivity contribution in [3.63, 3.8) is 0 Å². The Hall–Kier alpha value is -0.770. The van der Waals surface area contributed by atoms with E-state index in [1.807, 2.05) is 0 Å². The molecule has 0 aromatic carbocycles. The van der Waals surface area contributed by atoms with Crippen molar-refractivity contribution >= 4 is 6.03 Å². The summed E-state index contributed by atoms with van der Waals surface area (Å²) in [5.74, 6) is 1.42. The van der Waals surface area contributed by atoms with Gasteiger partial charge in [0.1, 0.15) is 0 Å². The normalized spacial score (nSPS) is 38.8. The molecule has 1 heterocycles. The summed E-state index contributed by atoms with van der Waals surface area (Å²) < 4.78 is 0. The van der Waals surface area contributed by atoms with Gasteiger partial charge in [-0.05, 0) is 24.7 Å². The van der Waals surface area contributed by atoms with E-state index in [0.29, 0.717) is 23.9 Å². The van der Waals surface area contributed by atoms with Crippen LogP contribution < -0.4 is 16.0 Å². The molecular weight excluding hydrogens is 190 g/mol. The number of amides is 2. The number of nitrogens with one attached hydrogen (secondary N) is 3. The van der Waals surface area contributed by atoms with Crippen LogP contribution in [0.3, 0.4) is 0 Å². The topological polar surface area (TPSA) is 53.2 Å². The second kappa shape index (κ2) is 3.67. The van der Waals surface area contributed by atoms with Crippen LogP contribution >= 0.6 is 0 Å². The van der Waals surface area contributed by atoms with Gasteiger partial charge in [-0.3, -0.25) is 0 Å². The smallest absolute Gasteiger partial charge is 0.315 e. The van der Waals surface area contributed by atoms with E-state index in [2.05, 4.69) is 16.0 Å². The van der Waals surface area contributed by atoms with E-state index in [1.54, 1.807) is 0 Å². The molecule has 1 saturated heterocycles. The monoisotopic (exact) mass is 209 g/mol. The molecule has 0 spiro atoms. The molecule has 3 fully saturated rings. The number of carbonyl (C=O) groups is 1. The second-order valence-corrected chi connectivity index (χ2v) is 5.11. The quantitative estimate of drug-likeness (QED) is 0.618. The maximum Gasteiger partial charge on any atom is 0.315 e. The third-order valence-electron chi connectivity index (χ3n) is 4.08. The molecule has 3 rings (SSSR count). The third-order valence-corrected chi connectivity index (χ3v) is 4.08. The third kappa shape index (κ3) is 1.83. The minimum Gasteiger partial charge on any atom is -0.335 e. The van der Waals surface area contributed by atoms with Crippen LogP contribution in [0.25, 0.3) is 0 Å². The second-order valence-electron chi connectivity index (χ2n) is 5.11. The first kappa shape index (κ1) is 9.46. The summed E-state index contributed by atoms with van der Waals surface area (Å²) in [7, 11) is 0. The van der Waals surface area contributed by atoms with Crippen LogP contribution in [0.4, 0.5) is 4.79 Å². The molecule has 0 bridgehead atoms. The lowest BCUT2D eigenvalue weighted by Crippen LogP contribution is -2.43. The zero-order valence-corrected chi connectivity index (χ0v) is 8.96. The highest BCUT2D eigenvalue weighted by atomic mass is 16.2. The zero-order valence-electron chi connectivity index (χ0n) is 8.96. The van der Waals surface area contributed by atoms with Gasteiger partial charge in [-0.25, -0.2) is 4.79 Å². The Balaban J connectivity index is 1.42. The minimum atomic E-state index is 0.0568. The van der Waals surface area contributed by atoms with E-state index in [4.69, 9.17) is 0 Å². The van der Waals surface area contributed by atoms with Crippen LogP contribution in [-0.4, -0.2) is 31.2 Å². The van der Waals surface area contributed by atoms with E-state index in [0.717, 1.165) is 25.9 Å². The Morgan fingerprint density at radius 2 is 1.73 bits per heavy atom. The molecule has 2 atom stereocenters. The van der Waals surface area contributed by atoms with Gasteiger partial charge in [0.2, 0.25) is 0 Å². The number of hydrogen-bond acceptors (Lipinski definition) is 2. The number of urea groups is 1. The van der Waals surface area contributed by atoms with Crippen LogP contribution in [0.1, 0.15) is 25.7 Å². The molecule has 15 heavy (non-hydrogen) atoms. The van der Waals surface area contributed by atoms with Gasteiger partial charge in [0.25, 0.3) is 0 Å². The van der Waals surface area contributed by atoms with Gasteiger partial charge in [0, 0.05) is 25.2 Å². The van der Waals surface area contributed by atoms with Gasteiger partial charge >= 0.3 is 6.03 Å². The first-order valence-corrected chi connectivity index (χ1v) is 6.12. The van der Waals surface area contributed by atoms with E-state index >= 15 is 0 Å². The maximum absolute atomic E-state index is 11.6. The molecule has 4 heteroatoms. The van der Waals surface area contributed by atoms with Gasteiger partial charge in [-0.2, -0.15) is 0 Å². The van der Waals surface area contributed by atoms with Crippen molar-refractivity contribution in [2.45, 2.75) is 37.8 Å². The van der Waals surface area contributed by atoms with Crippen molar-refractivity contribution < 1.29 is 4.79 Å². The highest BCUT2D eigenvalue weighted by Crippen LogP contribution is 2.41. The average Bonchev–Trinajstić information content (AvgIpc) is 2.65. The fourth-order valence-electron chi connectivity index (χ4n) is 3.08. The zero-order chi connectivity index (χ0) is 10.3. The largest absolute Gasteiger partial charge is 0.335 e. The standard InChI is InChI=1S/C11H19N3O/c15-11(13-7-3-1-2-4-7)14-10-8-5-12-6-9(8)10/h7-10,12H,1-6H2,(H2,13,14,15). The Bertz CT molecular complexity index is 253. The Kier molecular flexibility index (Phi) is 2.31. The van der Waals surface area contributed by atoms with Crippen molar-refractivity contribution in [2.24, 2.45) is 11.8 Å². The lowest BCUT2D eigenvalue weighted by atomic mass is 10.2. The van der Waals surface area contributed by atoms with E-state index < -0.39 is 0 Å². The van der Waals surface area contributed by atoms with Crippen LogP contribution in [0.5, 0.6) is 0 Å². The molecule has 2 unspecified atom stereocenters. The summed E-state index contributed by atoms with van der Waals surface area (Å²) in [6, 6.07) is 0.940. The number of fused-ring (bicyclic) bond motifs is 1. The maximum atomic E-state index is 11.6. The lowest BCUT2D eigenvalue weighted by molar-refractivity contribution is 0.235. The minimum absolute atomic E-state index is 0.0568. The molecule has 3 N–H and O–H groups in total.